The molecule has 0 unspecified atom stereocenters. The first-order chi connectivity index (χ1) is 15.8. The lowest BCUT2D eigenvalue weighted by atomic mass is 9.85. The predicted molar refractivity (Wildman–Crippen MR) is 121 cm³/mol. The van der Waals surface area contributed by atoms with Crippen LogP contribution in [0.15, 0.2) is 23.0 Å². The van der Waals surface area contributed by atoms with Crippen molar-refractivity contribution >= 4 is 28.5 Å². The summed E-state index contributed by atoms with van der Waals surface area (Å²) in [6, 6.07) is 5.53. The second-order valence-electron chi connectivity index (χ2n) is 9.04. The average Bonchev–Trinajstić information content (AvgIpc) is 3.17. The van der Waals surface area contributed by atoms with Gasteiger partial charge < -0.3 is 19.7 Å². The fourth-order valence-corrected chi connectivity index (χ4v) is 5.62. The van der Waals surface area contributed by atoms with E-state index in [0.717, 1.165) is 58.2 Å². The molecule has 3 aromatic rings. The number of nitrogens with zero attached hydrogens (tertiary/aromatic N) is 2. The van der Waals surface area contributed by atoms with Gasteiger partial charge in [0.25, 0.3) is 5.56 Å². The minimum Gasteiger partial charge on any atom is -0.458 e. The van der Waals surface area contributed by atoms with Crippen molar-refractivity contribution in [2.75, 3.05) is 5.32 Å². The predicted octanol–water partition coefficient (Wildman–Crippen LogP) is 2.53. The van der Waals surface area contributed by atoms with Crippen molar-refractivity contribution in [1.82, 2.24) is 9.55 Å². The Bertz CT molecular complexity index is 1470. The first-order valence-electron chi connectivity index (χ1n) is 11.3. The number of ether oxygens (including phenoxy) is 1. The molecule has 1 aliphatic carbocycles. The number of fused-ring (bicyclic) bond motifs is 5. The molecule has 2 aromatic heterocycles. The Labute approximate surface area is 189 Å². The van der Waals surface area contributed by atoms with Crippen molar-refractivity contribution in [3.8, 4) is 11.4 Å². The first-order valence-corrected chi connectivity index (χ1v) is 11.3. The Morgan fingerprint density at radius 1 is 1.21 bits per heavy atom. The molecule has 1 atom stereocenters. The Kier molecular flexibility index (Phi) is 4.11. The fourth-order valence-electron chi connectivity index (χ4n) is 5.62. The Balaban J connectivity index is 1.62. The number of carbonyl (C=O) groups excluding carboxylic acids is 2. The third kappa shape index (κ3) is 2.61. The van der Waals surface area contributed by atoms with Gasteiger partial charge in [0.15, 0.2) is 5.60 Å². The number of aryl methyl sites for hydroxylation is 2. The van der Waals surface area contributed by atoms with Crippen LogP contribution in [0.1, 0.15) is 54.5 Å². The van der Waals surface area contributed by atoms with Crippen LogP contribution < -0.4 is 10.9 Å². The summed E-state index contributed by atoms with van der Waals surface area (Å²) in [6.45, 7) is 3.44. The molecule has 0 radical (unpaired) electrons. The number of nitrogens with one attached hydrogen (secondary N) is 1. The standard InChI is InChI=1S/C25H23N3O5/c1-3-25(32)17-9-20-22-15(10-28(20)23(30)16(17)11-33-24(25)31)13-5-4-6-14-18(26-12(2)29)7-8-19(27-22)21(13)14/h7-9,32H,3-6,10-11H2,1-2H3,(H,26,29)/t25-/m0/s1. The second kappa shape index (κ2) is 6.74. The van der Waals surface area contributed by atoms with E-state index in [1.54, 1.807) is 17.6 Å². The molecular weight excluding hydrogens is 422 g/mol. The lowest BCUT2D eigenvalue weighted by Gasteiger charge is -2.31. The number of aliphatic hydroxyl groups is 1. The maximum atomic E-state index is 13.4. The summed E-state index contributed by atoms with van der Waals surface area (Å²) in [5.41, 5.74) is 4.74. The minimum atomic E-state index is -1.84. The lowest BCUT2D eigenvalue weighted by Crippen LogP contribution is -2.44. The Morgan fingerprint density at radius 2 is 2.00 bits per heavy atom. The molecular formula is C25H23N3O5. The van der Waals surface area contributed by atoms with E-state index in [0.29, 0.717) is 23.4 Å². The quantitative estimate of drug-likeness (QED) is 0.459. The number of rotatable bonds is 2. The van der Waals surface area contributed by atoms with Crippen molar-refractivity contribution < 1.29 is 19.4 Å². The zero-order chi connectivity index (χ0) is 23.1. The maximum absolute atomic E-state index is 13.4. The van der Waals surface area contributed by atoms with E-state index in [9.17, 15) is 19.5 Å². The van der Waals surface area contributed by atoms with Gasteiger partial charge >= 0.3 is 5.97 Å². The molecule has 33 heavy (non-hydrogen) atoms. The second-order valence-corrected chi connectivity index (χ2v) is 9.04. The van der Waals surface area contributed by atoms with Gasteiger partial charge in [-0.25, -0.2) is 9.78 Å². The smallest absolute Gasteiger partial charge is 0.343 e. The van der Waals surface area contributed by atoms with E-state index >= 15 is 0 Å². The summed E-state index contributed by atoms with van der Waals surface area (Å²) in [7, 11) is 0. The molecule has 168 valence electrons. The normalized spacial score (nSPS) is 20.2. The number of amides is 1. The molecule has 1 aromatic carbocycles. The van der Waals surface area contributed by atoms with E-state index in [2.05, 4.69) is 5.32 Å². The van der Waals surface area contributed by atoms with Crippen LogP contribution in [0.25, 0.3) is 22.3 Å². The molecule has 0 saturated carbocycles. The van der Waals surface area contributed by atoms with Gasteiger partial charge in [0.1, 0.15) is 6.61 Å². The van der Waals surface area contributed by atoms with Crippen molar-refractivity contribution in [3.05, 3.63) is 56.4 Å². The van der Waals surface area contributed by atoms with Crippen LogP contribution in [0.2, 0.25) is 0 Å². The van der Waals surface area contributed by atoms with E-state index in [1.165, 1.54) is 6.92 Å². The molecule has 0 fully saturated rings. The number of cyclic esters (lactones) is 1. The van der Waals surface area contributed by atoms with E-state index in [1.807, 2.05) is 12.1 Å². The number of esters is 1. The van der Waals surface area contributed by atoms with Crippen LogP contribution in [-0.4, -0.2) is 26.5 Å². The largest absolute Gasteiger partial charge is 0.458 e. The van der Waals surface area contributed by atoms with Crippen molar-refractivity contribution in [2.45, 2.75) is 58.3 Å². The van der Waals surface area contributed by atoms with Gasteiger partial charge in [0, 0.05) is 29.1 Å². The van der Waals surface area contributed by atoms with Gasteiger partial charge in [-0.15, -0.1) is 0 Å². The van der Waals surface area contributed by atoms with Gasteiger partial charge in [-0.05, 0) is 55.0 Å². The summed E-state index contributed by atoms with van der Waals surface area (Å²) in [5, 5.41) is 15.0. The SMILES string of the molecule is CC[C@@]1(O)C(=O)OCc2c1cc1n(c2=O)Cc2c-1nc1ccc(NC(C)=O)c3c1c2CCC3. The number of anilines is 1. The van der Waals surface area contributed by atoms with Gasteiger partial charge in [0.05, 0.1) is 29.0 Å². The van der Waals surface area contributed by atoms with Crippen LogP contribution in [0, 0.1) is 0 Å². The number of carbonyl (C=O) groups is 2. The van der Waals surface area contributed by atoms with Gasteiger partial charge in [-0.2, -0.15) is 0 Å². The molecule has 1 amide bonds. The zero-order valence-electron chi connectivity index (χ0n) is 18.4. The highest BCUT2D eigenvalue weighted by Crippen LogP contribution is 2.43. The van der Waals surface area contributed by atoms with E-state index in [-0.39, 0.29) is 24.5 Å². The summed E-state index contributed by atoms with van der Waals surface area (Å²) in [5.74, 6) is -0.840. The number of benzene rings is 1. The first kappa shape index (κ1) is 20.1. The summed E-state index contributed by atoms with van der Waals surface area (Å²) in [4.78, 5) is 42.4. The maximum Gasteiger partial charge on any atom is 0.343 e. The minimum absolute atomic E-state index is 0.111. The van der Waals surface area contributed by atoms with Gasteiger partial charge in [-0.3, -0.25) is 9.59 Å². The summed E-state index contributed by atoms with van der Waals surface area (Å²) in [6.07, 6.45) is 2.76. The van der Waals surface area contributed by atoms with Gasteiger partial charge in [0.2, 0.25) is 5.91 Å². The average molecular weight is 445 g/mol. The molecule has 3 aliphatic rings. The van der Waals surface area contributed by atoms with Crippen molar-refractivity contribution in [1.29, 1.82) is 0 Å². The van der Waals surface area contributed by atoms with Crippen LogP contribution in [0.3, 0.4) is 0 Å². The number of aromatic nitrogens is 2. The monoisotopic (exact) mass is 445 g/mol. The van der Waals surface area contributed by atoms with Gasteiger partial charge in [-0.1, -0.05) is 6.92 Å². The highest BCUT2D eigenvalue weighted by Gasteiger charge is 2.45. The highest BCUT2D eigenvalue weighted by molar-refractivity contribution is 5.98. The molecule has 0 spiro atoms. The van der Waals surface area contributed by atoms with E-state index < -0.39 is 11.6 Å². The number of hydrogen-bond acceptors (Lipinski definition) is 6. The van der Waals surface area contributed by atoms with E-state index in [4.69, 9.17) is 9.72 Å². The topological polar surface area (TPSA) is 111 Å². The summed E-state index contributed by atoms with van der Waals surface area (Å²) >= 11 is 0. The number of pyridine rings is 2. The molecule has 6 rings (SSSR count). The van der Waals surface area contributed by atoms with Crippen LogP contribution >= 0.6 is 0 Å². The molecule has 8 nitrogen and oxygen atoms in total. The molecule has 2 N–H and O–H groups in total. The molecule has 8 heteroatoms. The van der Waals surface area contributed by atoms with Crippen LogP contribution in [0.4, 0.5) is 5.69 Å². The third-order valence-electron chi connectivity index (χ3n) is 7.24. The molecule has 2 aliphatic heterocycles. The molecule has 0 bridgehead atoms. The summed E-state index contributed by atoms with van der Waals surface area (Å²) < 4.78 is 6.82. The third-order valence-corrected chi connectivity index (χ3v) is 7.24. The Morgan fingerprint density at radius 3 is 2.76 bits per heavy atom. The molecule has 0 saturated heterocycles. The highest BCUT2D eigenvalue weighted by atomic mass is 16.6. The number of hydrogen-bond donors (Lipinski definition) is 2. The van der Waals surface area contributed by atoms with Crippen molar-refractivity contribution in [2.24, 2.45) is 0 Å². The zero-order valence-corrected chi connectivity index (χ0v) is 18.4. The molecule has 4 heterocycles. The van der Waals surface area contributed by atoms with Crippen LogP contribution in [-0.2, 0) is 45.9 Å². The Hall–Kier alpha value is -3.52. The van der Waals surface area contributed by atoms with Crippen molar-refractivity contribution in [3.63, 3.8) is 0 Å². The fraction of sp³-hybridized carbons (Fsp3) is 0.360. The lowest BCUT2D eigenvalue weighted by molar-refractivity contribution is -0.172. The van der Waals surface area contributed by atoms with Crippen LogP contribution in [0.5, 0.6) is 0 Å².